The maximum atomic E-state index is 5.79. The first kappa shape index (κ1) is 12.8. The number of hydrogen-bond acceptors (Lipinski definition) is 4. The predicted octanol–water partition coefficient (Wildman–Crippen LogP) is 3.69. The molecule has 1 heterocycles. The molecule has 0 saturated heterocycles. The van der Waals surface area contributed by atoms with Crippen molar-refractivity contribution < 1.29 is 4.74 Å². The van der Waals surface area contributed by atoms with Gasteiger partial charge in [-0.3, -0.25) is 0 Å². The fourth-order valence-electron chi connectivity index (χ4n) is 1.50. The minimum absolute atomic E-state index is 0.535. The minimum atomic E-state index is 0.535. The van der Waals surface area contributed by atoms with E-state index in [1.54, 1.807) is 13.1 Å². The van der Waals surface area contributed by atoms with Crippen molar-refractivity contribution in [2.45, 2.75) is 13.8 Å². The molecule has 5 heteroatoms. The standard InChI is InChI=1S/C13H14BrN3O/c1-8-4-5-10(14)7-11(8)18-12-6-9(2)16-13(15-3)17-12/h4-7H,1-3H3,(H,15,16,17). The van der Waals surface area contributed by atoms with Crippen LogP contribution in [0.25, 0.3) is 0 Å². The summed E-state index contributed by atoms with van der Waals surface area (Å²) in [5.41, 5.74) is 1.91. The van der Waals surface area contributed by atoms with Gasteiger partial charge in [-0.1, -0.05) is 22.0 Å². The van der Waals surface area contributed by atoms with Gasteiger partial charge in [-0.2, -0.15) is 4.98 Å². The van der Waals surface area contributed by atoms with Gasteiger partial charge in [0.15, 0.2) is 0 Å². The van der Waals surface area contributed by atoms with E-state index in [9.17, 15) is 0 Å². The van der Waals surface area contributed by atoms with Gasteiger partial charge in [0.25, 0.3) is 0 Å². The van der Waals surface area contributed by atoms with Gasteiger partial charge >= 0.3 is 0 Å². The van der Waals surface area contributed by atoms with Gasteiger partial charge in [-0.25, -0.2) is 4.98 Å². The molecule has 1 aromatic carbocycles. The molecular weight excluding hydrogens is 294 g/mol. The molecule has 2 aromatic rings. The lowest BCUT2D eigenvalue weighted by atomic mass is 10.2. The van der Waals surface area contributed by atoms with Crippen LogP contribution in [-0.2, 0) is 0 Å². The minimum Gasteiger partial charge on any atom is -0.439 e. The monoisotopic (exact) mass is 307 g/mol. The first-order valence-electron chi connectivity index (χ1n) is 5.56. The Bertz CT molecular complexity index is 572. The zero-order chi connectivity index (χ0) is 13.1. The van der Waals surface area contributed by atoms with Gasteiger partial charge in [-0.15, -0.1) is 0 Å². The third-order valence-corrected chi connectivity index (χ3v) is 2.91. The third kappa shape index (κ3) is 2.98. The SMILES string of the molecule is CNc1nc(C)cc(Oc2cc(Br)ccc2C)n1. The molecule has 1 aromatic heterocycles. The topological polar surface area (TPSA) is 47.0 Å². The average molecular weight is 308 g/mol. The van der Waals surface area contributed by atoms with Crippen LogP contribution in [0, 0.1) is 13.8 Å². The quantitative estimate of drug-likeness (QED) is 0.939. The number of nitrogens with one attached hydrogen (secondary N) is 1. The van der Waals surface area contributed by atoms with Crippen molar-refractivity contribution in [3.63, 3.8) is 0 Å². The van der Waals surface area contributed by atoms with Crippen LogP contribution in [0.15, 0.2) is 28.7 Å². The van der Waals surface area contributed by atoms with E-state index in [0.717, 1.165) is 21.5 Å². The number of ether oxygens (including phenoxy) is 1. The van der Waals surface area contributed by atoms with Gasteiger partial charge in [0.05, 0.1) is 0 Å². The van der Waals surface area contributed by atoms with E-state index in [1.165, 1.54) is 0 Å². The van der Waals surface area contributed by atoms with Gasteiger partial charge < -0.3 is 10.1 Å². The van der Waals surface area contributed by atoms with Crippen molar-refractivity contribution in [2.24, 2.45) is 0 Å². The highest BCUT2D eigenvalue weighted by molar-refractivity contribution is 9.10. The zero-order valence-corrected chi connectivity index (χ0v) is 12.1. The van der Waals surface area contributed by atoms with Gasteiger partial charge in [0, 0.05) is 23.3 Å². The highest BCUT2D eigenvalue weighted by atomic mass is 79.9. The highest BCUT2D eigenvalue weighted by Gasteiger charge is 2.06. The molecule has 0 aliphatic rings. The summed E-state index contributed by atoms with van der Waals surface area (Å²) in [5.74, 6) is 1.87. The van der Waals surface area contributed by atoms with Crippen molar-refractivity contribution in [2.75, 3.05) is 12.4 Å². The van der Waals surface area contributed by atoms with Crippen LogP contribution in [0.1, 0.15) is 11.3 Å². The second-order valence-electron chi connectivity index (χ2n) is 3.93. The molecular formula is C13H14BrN3O. The summed E-state index contributed by atoms with van der Waals surface area (Å²) >= 11 is 3.43. The molecule has 0 fully saturated rings. The van der Waals surface area contributed by atoms with Crippen molar-refractivity contribution >= 4 is 21.9 Å². The summed E-state index contributed by atoms with van der Waals surface area (Å²) in [6.45, 7) is 3.90. The summed E-state index contributed by atoms with van der Waals surface area (Å²) in [4.78, 5) is 8.48. The van der Waals surface area contributed by atoms with E-state index in [2.05, 4.69) is 31.2 Å². The van der Waals surface area contributed by atoms with E-state index in [-0.39, 0.29) is 0 Å². The predicted molar refractivity (Wildman–Crippen MR) is 75.3 cm³/mol. The summed E-state index contributed by atoms with van der Waals surface area (Å²) < 4.78 is 6.77. The van der Waals surface area contributed by atoms with Crippen molar-refractivity contribution in [1.29, 1.82) is 0 Å². The Hall–Kier alpha value is -1.62. The molecule has 0 amide bonds. The number of halogens is 1. The lowest BCUT2D eigenvalue weighted by Gasteiger charge is -2.09. The molecule has 0 atom stereocenters. The Kier molecular flexibility index (Phi) is 3.81. The van der Waals surface area contributed by atoms with E-state index < -0.39 is 0 Å². The third-order valence-electron chi connectivity index (χ3n) is 2.42. The van der Waals surface area contributed by atoms with E-state index in [4.69, 9.17) is 4.74 Å². The Balaban J connectivity index is 2.33. The summed E-state index contributed by atoms with van der Waals surface area (Å²) in [7, 11) is 1.78. The zero-order valence-electron chi connectivity index (χ0n) is 10.5. The molecule has 2 rings (SSSR count). The maximum absolute atomic E-state index is 5.79. The van der Waals surface area contributed by atoms with Gasteiger partial charge in [-0.05, 0) is 31.5 Å². The van der Waals surface area contributed by atoms with Crippen LogP contribution in [0.4, 0.5) is 5.95 Å². The van der Waals surface area contributed by atoms with E-state index in [0.29, 0.717) is 11.8 Å². The lowest BCUT2D eigenvalue weighted by Crippen LogP contribution is -2.00. The number of aromatic nitrogens is 2. The second-order valence-corrected chi connectivity index (χ2v) is 4.85. The number of aryl methyl sites for hydroxylation is 2. The fraction of sp³-hybridized carbons (Fsp3) is 0.231. The van der Waals surface area contributed by atoms with Gasteiger partial charge in [0.2, 0.25) is 11.8 Å². The molecule has 0 bridgehead atoms. The highest BCUT2D eigenvalue weighted by Crippen LogP contribution is 2.27. The number of nitrogens with zero attached hydrogens (tertiary/aromatic N) is 2. The number of hydrogen-bond donors (Lipinski definition) is 1. The van der Waals surface area contributed by atoms with E-state index >= 15 is 0 Å². The van der Waals surface area contributed by atoms with Crippen LogP contribution >= 0.6 is 15.9 Å². The van der Waals surface area contributed by atoms with Crippen molar-refractivity contribution in [3.8, 4) is 11.6 Å². The molecule has 94 valence electrons. The molecule has 0 saturated carbocycles. The van der Waals surface area contributed by atoms with Crippen LogP contribution in [0.5, 0.6) is 11.6 Å². The number of benzene rings is 1. The van der Waals surface area contributed by atoms with E-state index in [1.807, 2.05) is 32.0 Å². The lowest BCUT2D eigenvalue weighted by molar-refractivity contribution is 0.458. The number of rotatable bonds is 3. The van der Waals surface area contributed by atoms with Crippen LogP contribution < -0.4 is 10.1 Å². The van der Waals surface area contributed by atoms with Crippen molar-refractivity contribution in [3.05, 3.63) is 40.0 Å². The number of anilines is 1. The Labute approximate surface area is 115 Å². The van der Waals surface area contributed by atoms with Gasteiger partial charge in [0.1, 0.15) is 5.75 Å². The molecule has 4 nitrogen and oxygen atoms in total. The molecule has 0 spiro atoms. The molecule has 0 radical (unpaired) electrons. The van der Waals surface area contributed by atoms with Crippen LogP contribution in [0.3, 0.4) is 0 Å². The molecule has 18 heavy (non-hydrogen) atoms. The molecule has 0 aliphatic carbocycles. The van der Waals surface area contributed by atoms with Crippen molar-refractivity contribution in [1.82, 2.24) is 9.97 Å². The molecule has 1 N–H and O–H groups in total. The summed E-state index contributed by atoms with van der Waals surface area (Å²) in [6, 6.07) is 7.70. The Morgan fingerprint density at radius 1 is 1.17 bits per heavy atom. The molecule has 0 aliphatic heterocycles. The normalized spacial score (nSPS) is 10.2. The van der Waals surface area contributed by atoms with Crippen LogP contribution in [-0.4, -0.2) is 17.0 Å². The molecule has 0 unspecified atom stereocenters. The summed E-state index contributed by atoms with van der Waals surface area (Å²) in [6.07, 6.45) is 0. The fourth-order valence-corrected chi connectivity index (χ4v) is 1.84. The smallest absolute Gasteiger partial charge is 0.225 e. The largest absolute Gasteiger partial charge is 0.439 e. The maximum Gasteiger partial charge on any atom is 0.225 e. The average Bonchev–Trinajstić information content (AvgIpc) is 2.33. The first-order chi connectivity index (χ1) is 8.58. The Morgan fingerprint density at radius 3 is 2.67 bits per heavy atom. The van der Waals surface area contributed by atoms with Crippen LogP contribution in [0.2, 0.25) is 0 Å². The summed E-state index contributed by atoms with van der Waals surface area (Å²) in [5, 5.41) is 2.91. The first-order valence-corrected chi connectivity index (χ1v) is 6.35. The second kappa shape index (κ2) is 5.35. The Morgan fingerprint density at radius 2 is 1.94 bits per heavy atom.